The summed E-state index contributed by atoms with van der Waals surface area (Å²) in [6.07, 6.45) is 1.55. The summed E-state index contributed by atoms with van der Waals surface area (Å²) >= 11 is 1.23. The number of nitrogens with one attached hydrogen (secondary N) is 1. The lowest BCUT2D eigenvalue weighted by molar-refractivity contribution is 0.0602. The number of benzene rings is 1. The van der Waals surface area contributed by atoms with Gasteiger partial charge in [0.05, 0.1) is 18.4 Å². The van der Waals surface area contributed by atoms with Gasteiger partial charge in [0, 0.05) is 11.6 Å². The van der Waals surface area contributed by atoms with Crippen LogP contribution in [0.15, 0.2) is 35.8 Å². The molecule has 0 aliphatic heterocycles. The maximum atomic E-state index is 11.8. The third-order valence-corrected chi connectivity index (χ3v) is 2.98. The van der Waals surface area contributed by atoms with E-state index in [-0.39, 0.29) is 5.91 Å². The van der Waals surface area contributed by atoms with E-state index in [0.717, 1.165) is 0 Å². The molecular formula is C12H10N2O3S. The molecule has 18 heavy (non-hydrogen) atoms. The van der Waals surface area contributed by atoms with Crippen molar-refractivity contribution in [2.24, 2.45) is 0 Å². The Morgan fingerprint density at radius 2 is 2.11 bits per heavy atom. The van der Waals surface area contributed by atoms with Gasteiger partial charge in [0.1, 0.15) is 0 Å². The van der Waals surface area contributed by atoms with Crippen molar-refractivity contribution in [1.29, 1.82) is 0 Å². The smallest absolute Gasteiger partial charge is 0.339 e. The lowest BCUT2D eigenvalue weighted by atomic mass is 10.2. The molecule has 0 radical (unpaired) electrons. The number of carbonyl (C=O) groups excluding carboxylic acids is 2. The van der Waals surface area contributed by atoms with Crippen molar-refractivity contribution in [1.82, 2.24) is 4.98 Å². The molecule has 1 heterocycles. The first kappa shape index (κ1) is 12.3. The van der Waals surface area contributed by atoms with Gasteiger partial charge in [0.15, 0.2) is 5.01 Å². The third kappa shape index (κ3) is 2.54. The van der Waals surface area contributed by atoms with Crippen molar-refractivity contribution in [3.63, 3.8) is 0 Å². The first-order valence-corrected chi connectivity index (χ1v) is 5.98. The molecule has 5 nitrogen and oxygen atoms in total. The highest BCUT2D eigenvalue weighted by Crippen LogP contribution is 2.17. The Bertz CT molecular complexity index is 566. The van der Waals surface area contributed by atoms with E-state index in [0.29, 0.717) is 16.3 Å². The Balaban J connectivity index is 2.24. The number of hydrogen-bond acceptors (Lipinski definition) is 5. The van der Waals surface area contributed by atoms with Crippen molar-refractivity contribution in [3.05, 3.63) is 46.4 Å². The van der Waals surface area contributed by atoms with Crippen LogP contribution in [0.2, 0.25) is 0 Å². The number of methoxy groups -OCH3 is 1. The van der Waals surface area contributed by atoms with Crippen molar-refractivity contribution in [2.45, 2.75) is 0 Å². The predicted molar refractivity (Wildman–Crippen MR) is 67.8 cm³/mol. The molecule has 1 N–H and O–H groups in total. The number of carbonyl (C=O) groups is 2. The molecule has 1 aromatic carbocycles. The lowest BCUT2D eigenvalue weighted by Gasteiger charge is -2.08. The zero-order valence-electron chi connectivity index (χ0n) is 9.54. The van der Waals surface area contributed by atoms with Gasteiger partial charge in [-0.1, -0.05) is 12.1 Å². The predicted octanol–water partition coefficient (Wildman–Crippen LogP) is 2.18. The minimum absolute atomic E-state index is 0.310. The number of amides is 1. The fourth-order valence-corrected chi connectivity index (χ4v) is 1.92. The molecule has 6 heteroatoms. The molecule has 0 saturated carbocycles. The summed E-state index contributed by atoms with van der Waals surface area (Å²) < 4.78 is 4.65. The molecule has 2 rings (SSSR count). The van der Waals surface area contributed by atoms with Crippen LogP contribution in [0, 0.1) is 0 Å². The minimum atomic E-state index is -0.495. The van der Waals surface area contributed by atoms with Gasteiger partial charge >= 0.3 is 5.97 Å². The van der Waals surface area contributed by atoms with Crippen LogP contribution in [0.4, 0.5) is 5.69 Å². The van der Waals surface area contributed by atoms with E-state index in [2.05, 4.69) is 15.0 Å². The van der Waals surface area contributed by atoms with Crippen molar-refractivity contribution >= 4 is 28.9 Å². The van der Waals surface area contributed by atoms with Gasteiger partial charge in [-0.05, 0) is 12.1 Å². The largest absolute Gasteiger partial charge is 0.465 e. The standard InChI is InChI=1S/C12H10N2O3S/c1-17-12(16)8-4-2-3-5-9(8)14-10(15)11-13-6-7-18-11/h2-7H,1H3,(H,14,15). The molecule has 0 unspecified atom stereocenters. The summed E-state index contributed by atoms with van der Waals surface area (Å²) in [6, 6.07) is 6.65. The molecule has 0 bridgehead atoms. The van der Waals surface area contributed by atoms with E-state index >= 15 is 0 Å². The number of esters is 1. The number of nitrogens with zero attached hydrogens (tertiary/aromatic N) is 1. The first-order chi connectivity index (χ1) is 8.72. The van der Waals surface area contributed by atoms with Crippen LogP contribution >= 0.6 is 11.3 Å². The fourth-order valence-electron chi connectivity index (χ4n) is 1.39. The number of thiazole rings is 1. The Labute approximate surface area is 107 Å². The Morgan fingerprint density at radius 3 is 2.78 bits per heavy atom. The van der Waals surface area contributed by atoms with Crippen LogP contribution in [0.3, 0.4) is 0 Å². The van der Waals surface area contributed by atoms with Gasteiger partial charge in [-0.25, -0.2) is 9.78 Å². The molecule has 0 fully saturated rings. The molecule has 0 saturated heterocycles. The SMILES string of the molecule is COC(=O)c1ccccc1NC(=O)c1nccs1. The monoisotopic (exact) mass is 262 g/mol. The molecule has 0 spiro atoms. The molecular weight excluding hydrogens is 252 g/mol. The van der Waals surface area contributed by atoms with Crippen LogP contribution in [0.1, 0.15) is 20.2 Å². The molecule has 0 aliphatic carbocycles. The number of ether oxygens (including phenoxy) is 1. The Morgan fingerprint density at radius 1 is 1.33 bits per heavy atom. The van der Waals surface area contributed by atoms with E-state index in [1.54, 1.807) is 35.8 Å². The number of hydrogen-bond donors (Lipinski definition) is 1. The van der Waals surface area contributed by atoms with E-state index in [4.69, 9.17) is 0 Å². The quantitative estimate of drug-likeness (QED) is 0.861. The topological polar surface area (TPSA) is 68.3 Å². The van der Waals surface area contributed by atoms with Gasteiger partial charge in [0.25, 0.3) is 5.91 Å². The van der Waals surface area contributed by atoms with Gasteiger partial charge in [-0.3, -0.25) is 4.79 Å². The zero-order chi connectivity index (χ0) is 13.0. The number of rotatable bonds is 3. The number of para-hydroxylation sites is 1. The van der Waals surface area contributed by atoms with E-state index in [1.165, 1.54) is 18.4 Å². The van der Waals surface area contributed by atoms with Gasteiger partial charge in [-0.2, -0.15) is 0 Å². The van der Waals surface area contributed by atoms with Crippen LogP contribution < -0.4 is 5.32 Å². The lowest BCUT2D eigenvalue weighted by Crippen LogP contribution is -2.15. The summed E-state index contributed by atoms with van der Waals surface area (Å²) in [7, 11) is 1.29. The van der Waals surface area contributed by atoms with Crippen molar-refractivity contribution in [2.75, 3.05) is 12.4 Å². The molecule has 0 atom stereocenters. The third-order valence-electron chi connectivity index (χ3n) is 2.21. The van der Waals surface area contributed by atoms with Crippen molar-refractivity contribution in [3.8, 4) is 0 Å². The molecule has 92 valence electrons. The van der Waals surface area contributed by atoms with Crippen LogP contribution in [0.5, 0.6) is 0 Å². The van der Waals surface area contributed by atoms with E-state index in [1.807, 2.05) is 0 Å². The summed E-state index contributed by atoms with van der Waals surface area (Å²) in [6.45, 7) is 0. The zero-order valence-corrected chi connectivity index (χ0v) is 10.4. The molecule has 1 amide bonds. The Kier molecular flexibility index (Phi) is 3.69. The van der Waals surface area contributed by atoms with Gasteiger partial charge < -0.3 is 10.1 Å². The molecule has 1 aromatic heterocycles. The van der Waals surface area contributed by atoms with Crippen molar-refractivity contribution < 1.29 is 14.3 Å². The highest BCUT2D eigenvalue weighted by molar-refractivity contribution is 7.11. The maximum Gasteiger partial charge on any atom is 0.339 e. The van der Waals surface area contributed by atoms with Gasteiger partial charge in [0.2, 0.25) is 0 Å². The van der Waals surface area contributed by atoms with E-state index < -0.39 is 5.97 Å². The summed E-state index contributed by atoms with van der Waals surface area (Å²) in [4.78, 5) is 27.2. The highest BCUT2D eigenvalue weighted by Gasteiger charge is 2.15. The van der Waals surface area contributed by atoms with Crippen LogP contribution in [-0.2, 0) is 4.74 Å². The van der Waals surface area contributed by atoms with Crippen LogP contribution in [-0.4, -0.2) is 24.0 Å². The second-order valence-electron chi connectivity index (χ2n) is 3.33. The number of aromatic nitrogens is 1. The van der Waals surface area contributed by atoms with E-state index in [9.17, 15) is 9.59 Å². The second-order valence-corrected chi connectivity index (χ2v) is 4.22. The highest BCUT2D eigenvalue weighted by atomic mass is 32.1. The summed E-state index contributed by atoms with van der Waals surface area (Å²) in [5.41, 5.74) is 0.717. The number of anilines is 1. The molecule has 2 aromatic rings. The Hall–Kier alpha value is -2.21. The summed E-state index contributed by atoms with van der Waals surface area (Å²) in [5, 5.41) is 4.69. The van der Waals surface area contributed by atoms with Crippen LogP contribution in [0.25, 0.3) is 0 Å². The first-order valence-electron chi connectivity index (χ1n) is 5.10. The van der Waals surface area contributed by atoms with Gasteiger partial charge in [-0.15, -0.1) is 11.3 Å². The minimum Gasteiger partial charge on any atom is -0.465 e. The summed E-state index contributed by atoms with van der Waals surface area (Å²) in [5.74, 6) is -0.841. The fraction of sp³-hybridized carbons (Fsp3) is 0.0833. The maximum absolute atomic E-state index is 11.8. The average molecular weight is 262 g/mol. The average Bonchev–Trinajstić information content (AvgIpc) is 2.92. The second kappa shape index (κ2) is 5.42. The normalized spacial score (nSPS) is 9.83. The molecule has 0 aliphatic rings.